The fourth-order valence-corrected chi connectivity index (χ4v) is 4.69. The molecular weight excluding hydrogens is 292 g/mol. The van der Waals surface area contributed by atoms with Gasteiger partial charge in [0.25, 0.3) is 0 Å². The molecule has 0 radical (unpaired) electrons. The zero-order valence-electron chi connectivity index (χ0n) is 15.3. The second-order valence-corrected chi connectivity index (χ2v) is 8.07. The van der Waals surface area contributed by atoms with Gasteiger partial charge in [-0.15, -0.1) is 0 Å². The van der Waals surface area contributed by atoms with Crippen molar-refractivity contribution in [3.05, 3.63) is 11.6 Å². The Morgan fingerprint density at radius 3 is 2.74 bits per heavy atom. The molecule has 4 heteroatoms. The summed E-state index contributed by atoms with van der Waals surface area (Å²) in [5, 5.41) is 0. The lowest BCUT2D eigenvalue weighted by atomic mass is 9.52. The second-order valence-electron chi connectivity index (χ2n) is 8.07. The molecule has 130 valence electrons. The summed E-state index contributed by atoms with van der Waals surface area (Å²) in [6, 6.07) is 0. The molecule has 0 amide bonds. The summed E-state index contributed by atoms with van der Waals surface area (Å²) in [5.74, 6) is 0.0886. The number of carbonyl (C=O) groups excluding carboxylic acids is 2. The molecule has 0 aromatic heterocycles. The number of allylic oxidation sites excluding steroid dienone is 1. The molecule has 1 saturated heterocycles. The van der Waals surface area contributed by atoms with Crippen molar-refractivity contribution in [1.82, 2.24) is 0 Å². The highest BCUT2D eigenvalue weighted by molar-refractivity contribution is 5.91. The Balaban J connectivity index is 2.37. The zero-order chi connectivity index (χ0) is 17.4. The van der Waals surface area contributed by atoms with Crippen LogP contribution in [-0.2, 0) is 19.1 Å². The predicted molar refractivity (Wildman–Crippen MR) is 88.7 cm³/mol. The van der Waals surface area contributed by atoms with E-state index >= 15 is 0 Å². The maximum atomic E-state index is 12.0. The lowest BCUT2D eigenvalue weighted by Crippen LogP contribution is -2.47. The molecule has 0 spiro atoms. The summed E-state index contributed by atoms with van der Waals surface area (Å²) >= 11 is 0. The largest absolute Gasteiger partial charge is 0.463 e. The first kappa shape index (κ1) is 18.0. The minimum Gasteiger partial charge on any atom is -0.463 e. The Hall–Kier alpha value is -1.32. The predicted octanol–water partition coefficient (Wildman–Crippen LogP) is 3.89. The van der Waals surface area contributed by atoms with Crippen molar-refractivity contribution in [1.29, 1.82) is 0 Å². The van der Waals surface area contributed by atoms with Gasteiger partial charge in [-0.2, -0.15) is 0 Å². The van der Waals surface area contributed by atoms with E-state index in [2.05, 4.69) is 33.8 Å². The van der Waals surface area contributed by atoms with Crippen LogP contribution < -0.4 is 0 Å². The van der Waals surface area contributed by atoms with Crippen LogP contribution in [0.25, 0.3) is 0 Å². The molecule has 0 aromatic carbocycles. The van der Waals surface area contributed by atoms with Crippen LogP contribution >= 0.6 is 0 Å². The standard InChI is InChI=1S/C19H30O4/c1-7-18(4,5)16-9-8-14-15(11-22-17(14)21)19(16,6)10-12(2)23-13(3)20/h8,12,15-16H,7,9-11H2,1-6H3. The molecule has 0 bridgehead atoms. The van der Waals surface area contributed by atoms with Crippen LogP contribution in [0.1, 0.15) is 60.8 Å². The zero-order valence-corrected chi connectivity index (χ0v) is 15.3. The maximum absolute atomic E-state index is 12.0. The lowest BCUT2D eigenvalue weighted by Gasteiger charge is -2.51. The third-order valence-electron chi connectivity index (χ3n) is 6.11. The summed E-state index contributed by atoms with van der Waals surface area (Å²) in [6.45, 7) is 12.9. The van der Waals surface area contributed by atoms with Gasteiger partial charge in [-0.25, -0.2) is 4.79 Å². The fourth-order valence-electron chi connectivity index (χ4n) is 4.69. The number of esters is 2. The van der Waals surface area contributed by atoms with Crippen molar-refractivity contribution in [2.75, 3.05) is 6.61 Å². The smallest absolute Gasteiger partial charge is 0.334 e. The Labute approximate surface area is 139 Å². The Kier molecular flexibility index (Phi) is 4.93. The Morgan fingerprint density at radius 2 is 2.17 bits per heavy atom. The molecule has 2 aliphatic rings. The van der Waals surface area contributed by atoms with Crippen molar-refractivity contribution < 1.29 is 19.1 Å². The van der Waals surface area contributed by atoms with E-state index in [0.717, 1.165) is 24.8 Å². The van der Waals surface area contributed by atoms with E-state index in [9.17, 15) is 9.59 Å². The van der Waals surface area contributed by atoms with E-state index in [1.54, 1.807) is 0 Å². The van der Waals surface area contributed by atoms with Gasteiger partial charge in [0, 0.05) is 18.4 Å². The number of carbonyl (C=O) groups is 2. The first-order chi connectivity index (χ1) is 10.6. The van der Waals surface area contributed by atoms with E-state index in [0.29, 0.717) is 12.5 Å². The summed E-state index contributed by atoms with van der Waals surface area (Å²) in [5.41, 5.74) is 0.855. The molecule has 1 fully saturated rings. The summed E-state index contributed by atoms with van der Waals surface area (Å²) in [4.78, 5) is 23.3. The molecule has 23 heavy (non-hydrogen) atoms. The van der Waals surface area contributed by atoms with E-state index in [4.69, 9.17) is 9.47 Å². The van der Waals surface area contributed by atoms with Crippen molar-refractivity contribution in [2.45, 2.75) is 66.9 Å². The maximum Gasteiger partial charge on any atom is 0.334 e. The number of hydrogen-bond acceptors (Lipinski definition) is 4. The van der Waals surface area contributed by atoms with E-state index in [1.807, 2.05) is 6.92 Å². The van der Waals surface area contributed by atoms with Crippen LogP contribution in [0.15, 0.2) is 11.6 Å². The van der Waals surface area contributed by atoms with E-state index < -0.39 is 0 Å². The highest BCUT2D eigenvalue weighted by Crippen LogP contribution is 2.57. The third kappa shape index (κ3) is 3.31. The molecule has 1 aliphatic carbocycles. The van der Waals surface area contributed by atoms with Crippen LogP contribution in [0, 0.1) is 22.7 Å². The van der Waals surface area contributed by atoms with Gasteiger partial charge in [0.15, 0.2) is 0 Å². The Bertz CT molecular complexity index is 519. The minimum atomic E-state index is -0.252. The number of rotatable bonds is 5. The number of ether oxygens (including phenoxy) is 2. The number of cyclic esters (lactones) is 1. The van der Waals surface area contributed by atoms with E-state index in [-0.39, 0.29) is 34.8 Å². The first-order valence-corrected chi connectivity index (χ1v) is 8.66. The molecule has 0 N–H and O–H groups in total. The Morgan fingerprint density at radius 1 is 1.52 bits per heavy atom. The molecule has 1 aliphatic heterocycles. The first-order valence-electron chi connectivity index (χ1n) is 8.66. The van der Waals surface area contributed by atoms with E-state index in [1.165, 1.54) is 6.92 Å². The molecule has 4 unspecified atom stereocenters. The average Bonchev–Trinajstić information content (AvgIpc) is 2.80. The molecular formula is C19H30O4. The summed E-state index contributed by atoms with van der Waals surface area (Å²) in [6.07, 6.45) is 4.62. The second kappa shape index (κ2) is 6.29. The highest BCUT2D eigenvalue weighted by atomic mass is 16.5. The lowest BCUT2D eigenvalue weighted by molar-refractivity contribution is -0.148. The number of fused-ring (bicyclic) bond motifs is 1. The minimum absolute atomic E-state index is 0.0950. The fraction of sp³-hybridized carbons (Fsp3) is 0.789. The van der Waals surface area contributed by atoms with Crippen LogP contribution in [0.5, 0.6) is 0 Å². The van der Waals surface area contributed by atoms with Crippen LogP contribution in [0.2, 0.25) is 0 Å². The molecule has 0 aromatic rings. The van der Waals surface area contributed by atoms with Crippen molar-refractivity contribution in [3.63, 3.8) is 0 Å². The van der Waals surface area contributed by atoms with Gasteiger partial charge in [0.2, 0.25) is 0 Å². The molecule has 4 nitrogen and oxygen atoms in total. The van der Waals surface area contributed by atoms with Crippen LogP contribution in [0.3, 0.4) is 0 Å². The van der Waals surface area contributed by atoms with Gasteiger partial charge in [0.05, 0.1) is 12.7 Å². The number of hydrogen-bond donors (Lipinski definition) is 0. The molecule has 0 saturated carbocycles. The van der Waals surface area contributed by atoms with Crippen LogP contribution in [0.4, 0.5) is 0 Å². The molecule has 1 heterocycles. The van der Waals surface area contributed by atoms with Gasteiger partial charge in [-0.05, 0) is 36.5 Å². The normalized spacial score (nSPS) is 31.9. The molecule has 4 atom stereocenters. The van der Waals surface area contributed by atoms with Crippen molar-refractivity contribution in [3.8, 4) is 0 Å². The average molecular weight is 322 g/mol. The van der Waals surface area contributed by atoms with Gasteiger partial charge >= 0.3 is 11.9 Å². The summed E-state index contributed by atoms with van der Waals surface area (Å²) in [7, 11) is 0. The van der Waals surface area contributed by atoms with Crippen LogP contribution in [-0.4, -0.2) is 24.6 Å². The van der Waals surface area contributed by atoms with Crippen molar-refractivity contribution in [2.24, 2.45) is 22.7 Å². The highest BCUT2D eigenvalue weighted by Gasteiger charge is 2.54. The molecule has 2 rings (SSSR count). The summed E-state index contributed by atoms with van der Waals surface area (Å²) < 4.78 is 10.7. The van der Waals surface area contributed by atoms with Gasteiger partial charge in [0.1, 0.15) is 0 Å². The topological polar surface area (TPSA) is 52.6 Å². The van der Waals surface area contributed by atoms with Gasteiger partial charge in [-0.3, -0.25) is 4.79 Å². The third-order valence-corrected chi connectivity index (χ3v) is 6.11. The SMILES string of the molecule is CCC(C)(C)C1CC=C2C(=O)OCC2C1(C)CC(C)OC(C)=O. The van der Waals surface area contributed by atoms with Gasteiger partial charge in [-0.1, -0.05) is 40.2 Å². The van der Waals surface area contributed by atoms with Gasteiger partial charge < -0.3 is 9.47 Å². The monoisotopic (exact) mass is 322 g/mol. The quantitative estimate of drug-likeness (QED) is 0.721. The van der Waals surface area contributed by atoms with Crippen molar-refractivity contribution >= 4 is 11.9 Å².